The summed E-state index contributed by atoms with van der Waals surface area (Å²) >= 11 is 1.89. The molecule has 0 aromatic carbocycles. The van der Waals surface area contributed by atoms with Crippen molar-refractivity contribution in [2.75, 3.05) is 5.75 Å². The molecule has 0 amide bonds. The lowest BCUT2D eigenvalue weighted by atomic mass is 9.83. The fourth-order valence-electron chi connectivity index (χ4n) is 2.81. The van der Waals surface area contributed by atoms with Gasteiger partial charge in [-0.3, -0.25) is 9.67 Å². The second-order valence-corrected chi connectivity index (χ2v) is 6.36. The normalized spacial score (nSPS) is 24.6. The van der Waals surface area contributed by atoms with E-state index in [1.54, 1.807) is 0 Å². The summed E-state index contributed by atoms with van der Waals surface area (Å²) in [6, 6.07) is 0. The van der Waals surface area contributed by atoms with Crippen molar-refractivity contribution in [2.45, 2.75) is 44.2 Å². The van der Waals surface area contributed by atoms with Gasteiger partial charge in [0, 0.05) is 30.1 Å². The van der Waals surface area contributed by atoms with Gasteiger partial charge in [-0.25, -0.2) is 0 Å². The van der Waals surface area contributed by atoms with Crippen molar-refractivity contribution in [3.8, 4) is 0 Å². The van der Waals surface area contributed by atoms with Gasteiger partial charge in [-0.1, -0.05) is 31.0 Å². The number of hydrogen-bond acceptors (Lipinski definition) is 3. The Hall–Kier alpha value is -0.970. The van der Waals surface area contributed by atoms with E-state index < -0.39 is 0 Å². The summed E-state index contributed by atoms with van der Waals surface area (Å²) in [7, 11) is 1.94. The van der Waals surface area contributed by atoms with Gasteiger partial charge in [0.05, 0.1) is 12.7 Å². The molecule has 4 nitrogen and oxygen atoms in total. The highest BCUT2D eigenvalue weighted by molar-refractivity contribution is 8.14. The molecule has 0 unspecified atom stereocenters. The molecule has 2 fully saturated rings. The first-order chi connectivity index (χ1) is 8.76. The SMILES string of the molecule is Cn1cc(CN=C2NC3(CCCCC3)CS2)cn1. The minimum Gasteiger partial charge on any atom is -0.359 e. The van der Waals surface area contributed by atoms with Crippen LogP contribution in [0.4, 0.5) is 0 Å². The molecule has 1 saturated heterocycles. The van der Waals surface area contributed by atoms with Crippen LogP contribution in [0.5, 0.6) is 0 Å². The van der Waals surface area contributed by atoms with Crippen LogP contribution in [-0.4, -0.2) is 26.2 Å². The molecule has 2 aliphatic rings. The molecule has 1 N–H and O–H groups in total. The molecular formula is C13H20N4S. The van der Waals surface area contributed by atoms with E-state index in [0.29, 0.717) is 5.54 Å². The van der Waals surface area contributed by atoms with Crippen molar-refractivity contribution in [2.24, 2.45) is 12.0 Å². The third-order valence-corrected chi connectivity index (χ3v) is 5.03. The van der Waals surface area contributed by atoms with E-state index in [1.165, 1.54) is 43.4 Å². The smallest absolute Gasteiger partial charge is 0.157 e. The van der Waals surface area contributed by atoms with Gasteiger partial charge in [-0.15, -0.1) is 0 Å². The topological polar surface area (TPSA) is 42.2 Å². The highest BCUT2D eigenvalue weighted by Crippen LogP contribution is 2.36. The summed E-state index contributed by atoms with van der Waals surface area (Å²) in [4.78, 5) is 4.67. The maximum Gasteiger partial charge on any atom is 0.157 e. The number of nitrogens with zero attached hydrogens (tertiary/aromatic N) is 3. The van der Waals surface area contributed by atoms with E-state index in [-0.39, 0.29) is 0 Å². The number of amidine groups is 1. The maximum absolute atomic E-state index is 4.67. The van der Waals surface area contributed by atoms with Crippen LogP contribution in [0.15, 0.2) is 17.4 Å². The van der Waals surface area contributed by atoms with Crippen molar-refractivity contribution in [1.82, 2.24) is 15.1 Å². The fourth-order valence-corrected chi connectivity index (χ4v) is 4.02. The molecule has 0 radical (unpaired) electrons. The second kappa shape index (κ2) is 4.96. The van der Waals surface area contributed by atoms with Crippen molar-refractivity contribution in [3.05, 3.63) is 18.0 Å². The van der Waals surface area contributed by atoms with E-state index in [2.05, 4.69) is 15.4 Å². The number of rotatable bonds is 2. The summed E-state index contributed by atoms with van der Waals surface area (Å²) in [5, 5.41) is 8.96. The highest BCUT2D eigenvalue weighted by Gasteiger charge is 2.37. The molecule has 2 heterocycles. The minimum absolute atomic E-state index is 0.358. The highest BCUT2D eigenvalue weighted by atomic mass is 32.2. The second-order valence-electron chi connectivity index (χ2n) is 5.40. The van der Waals surface area contributed by atoms with E-state index in [1.807, 2.05) is 35.9 Å². The van der Waals surface area contributed by atoms with Crippen LogP contribution >= 0.6 is 11.8 Å². The summed E-state index contributed by atoms with van der Waals surface area (Å²) in [6.07, 6.45) is 10.7. The molecule has 3 rings (SSSR count). The Morgan fingerprint density at radius 1 is 1.44 bits per heavy atom. The van der Waals surface area contributed by atoms with Gasteiger partial charge in [0.25, 0.3) is 0 Å². The van der Waals surface area contributed by atoms with Crippen molar-refractivity contribution >= 4 is 16.9 Å². The zero-order chi connectivity index (χ0) is 12.4. The van der Waals surface area contributed by atoms with Crippen LogP contribution in [-0.2, 0) is 13.6 Å². The van der Waals surface area contributed by atoms with E-state index in [0.717, 1.165) is 11.7 Å². The number of aliphatic imine (C=N–C) groups is 1. The van der Waals surface area contributed by atoms with Crippen molar-refractivity contribution in [3.63, 3.8) is 0 Å². The molecule has 18 heavy (non-hydrogen) atoms. The summed E-state index contributed by atoms with van der Waals surface area (Å²) < 4.78 is 1.83. The number of thioether (sulfide) groups is 1. The Labute approximate surface area is 112 Å². The fraction of sp³-hybridized carbons (Fsp3) is 0.692. The average molecular weight is 264 g/mol. The molecule has 1 aromatic rings. The van der Waals surface area contributed by atoms with E-state index in [4.69, 9.17) is 0 Å². The van der Waals surface area contributed by atoms with Crippen LogP contribution in [0.2, 0.25) is 0 Å². The van der Waals surface area contributed by atoms with Gasteiger partial charge >= 0.3 is 0 Å². The average Bonchev–Trinajstić information content (AvgIpc) is 2.96. The first-order valence-electron chi connectivity index (χ1n) is 6.69. The van der Waals surface area contributed by atoms with Crippen molar-refractivity contribution in [1.29, 1.82) is 0 Å². The predicted molar refractivity (Wildman–Crippen MR) is 75.8 cm³/mol. The van der Waals surface area contributed by atoms with Crippen LogP contribution in [0.25, 0.3) is 0 Å². The molecule has 0 bridgehead atoms. The Morgan fingerprint density at radius 3 is 3.00 bits per heavy atom. The van der Waals surface area contributed by atoms with Crippen LogP contribution < -0.4 is 5.32 Å². The van der Waals surface area contributed by atoms with Gasteiger partial charge in [0.1, 0.15) is 0 Å². The molecule has 0 atom stereocenters. The molecule has 1 aromatic heterocycles. The maximum atomic E-state index is 4.67. The minimum atomic E-state index is 0.358. The third kappa shape index (κ3) is 2.55. The Bertz CT molecular complexity index is 446. The zero-order valence-electron chi connectivity index (χ0n) is 10.9. The van der Waals surface area contributed by atoms with Crippen LogP contribution in [0.1, 0.15) is 37.7 Å². The Morgan fingerprint density at radius 2 is 2.28 bits per heavy atom. The Balaban J connectivity index is 1.61. The summed E-state index contributed by atoms with van der Waals surface area (Å²) in [5.41, 5.74) is 1.54. The number of nitrogens with one attached hydrogen (secondary N) is 1. The number of aryl methyl sites for hydroxylation is 1. The molecule has 1 spiro atoms. The zero-order valence-corrected chi connectivity index (χ0v) is 11.7. The lowest BCUT2D eigenvalue weighted by Gasteiger charge is -2.32. The lowest BCUT2D eigenvalue weighted by Crippen LogP contribution is -2.45. The van der Waals surface area contributed by atoms with Crippen LogP contribution in [0, 0.1) is 0 Å². The van der Waals surface area contributed by atoms with Gasteiger partial charge in [0.15, 0.2) is 5.17 Å². The summed E-state index contributed by atoms with van der Waals surface area (Å²) in [6.45, 7) is 0.735. The number of hydrogen-bond donors (Lipinski definition) is 1. The summed E-state index contributed by atoms with van der Waals surface area (Å²) in [5.74, 6) is 1.19. The van der Waals surface area contributed by atoms with Gasteiger partial charge < -0.3 is 5.32 Å². The molecule has 98 valence electrons. The number of aromatic nitrogens is 2. The van der Waals surface area contributed by atoms with Gasteiger partial charge in [-0.2, -0.15) is 5.10 Å². The van der Waals surface area contributed by atoms with Gasteiger partial charge in [0.2, 0.25) is 0 Å². The molecule has 1 aliphatic heterocycles. The largest absolute Gasteiger partial charge is 0.359 e. The standard InChI is InChI=1S/C13H20N4S/c1-17-9-11(8-15-17)7-14-12-16-13(10-18-12)5-3-2-4-6-13/h8-9H,2-7,10H2,1H3,(H,14,16). The first kappa shape index (κ1) is 12.1. The quantitative estimate of drug-likeness (QED) is 0.891. The van der Waals surface area contributed by atoms with Crippen LogP contribution in [0.3, 0.4) is 0 Å². The lowest BCUT2D eigenvalue weighted by molar-refractivity contribution is 0.303. The third-order valence-electron chi connectivity index (χ3n) is 3.83. The molecule has 1 saturated carbocycles. The van der Waals surface area contributed by atoms with E-state index in [9.17, 15) is 0 Å². The molecular weight excluding hydrogens is 244 g/mol. The Kier molecular flexibility index (Phi) is 3.33. The van der Waals surface area contributed by atoms with Crippen molar-refractivity contribution < 1.29 is 0 Å². The first-order valence-corrected chi connectivity index (χ1v) is 7.67. The van der Waals surface area contributed by atoms with Gasteiger partial charge in [-0.05, 0) is 12.8 Å². The monoisotopic (exact) mass is 264 g/mol. The predicted octanol–water partition coefficient (Wildman–Crippen LogP) is 2.32. The molecule has 1 aliphatic carbocycles. The molecule has 5 heteroatoms. The van der Waals surface area contributed by atoms with E-state index >= 15 is 0 Å².